The maximum Gasteiger partial charge on any atom is 0.241 e. The molecule has 0 aliphatic carbocycles. The van der Waals surface area contributed by atoms with E-state index < -0.39 is 0 Å². The Morgan fingerprint density at radius 1 is 1.33 bits per heavy atom. The molecule has 1 amide bonds. The Morgan fingerprint density at radius 2 is 2.14 bits per heavy atom. The van der Waals surface area contributed by atoms with E-state index in [1.165, 1.54) is 12.0 Å². The zero-order valence-corrected chi connectivity index (χ0v) is 13.4. The number of nitrogens with one attached hydrogen (secondary N) is 1. The monoisotopic (exact) mass is 309 g/mol. The number of carbonyl (C=O) groups is 1. The highest BCUT2D eigenvalue weighted by Crippen LogP contribution is 2.27. The molecule has 1 N–H and O–H groups in total. The fourth-order valence-corrected chi connectivity index (χ4v) is 3.39. The summed E-state index contributed by atoms with van der Waals surface area (Å²) in [6.07, 6.45) is 2.19. The second-order valence-electron chi connectivity index (χ2n) is 5.87. The molecule has 2 aliphatic heterocycles. The molecule has 4 nitrogen and oxygen atoms in total. The van der Waals surface area contributed by atoms with Gasteiger partial charge in [-0.05, 0) is 50.5 Å². The smallest absolute Gasteiger partial charge is 0.241 e. The van der Waals surface area contributed by atoms with Crippen LogP contribution in [0, 0.1) is 5.92 Å². The lowest BCUT2D eigenvalue weighted by Crippen LogP contribution is -2.39. The molecule has 0 bridgehead atoms. The minimum absolute atomic E-state index is 0. The molecule has 5 heteroatoms. The molecule has 21 heavy (non-hydrogen) atoms. The number of anilines is 1. The van der Waals surface area contributed by atoms with Gasteiger partial charge in [0.2, 0.25) is 5.91 Å². The summed E-state index contributed by atoms with van der Waals surface area (Å²) in [5.41, 5.74) is 2.42. The van der Waals surface area contributed by atoms with Crippen molar-refractivity contribution in [2.45, 2.75) is 12.8 Å². The highest BCUT2D eigenvalue weighted by molar-refractivity contribution is 5.96. The van der Waals surface area contributed by atoms with Gasteiger partial charge in [0.25, 0.3) is 0 Å². The quantitative estimate of drug-likeness (QED) is 0.916. The average Bonchev–Trinajstić information content (AvgIpc) is 3.06. The number of nitrogens with zero attached hydrogens (tertiary/aromatic N) is 2. The minimum atomic E-state index is 0. The van der Waals surface area contributed by atoms with Crippen molar-refractivity contribution in [3.8, 4) is 0 Å². The van der Waals surface area contributed by atoms with Gasteiger partial charge in [0.15, 0.2) is 0 Å². The van der Waals surface area contributed by atoms with Crippen molar-refractivity contribution < 1.29 is 4.79 Å². The van der Waals surface area contributed by atoms with Crippen LogP contribution in [0.4, 0.5) is 5.69 Å². The van der Waals surface area contributed by atoms with E-state index in [1.807, 2.05) is 18.0 Å². The lowest BCUT2D eigenvalue weighted by Gasteiger charge is -2.22. The van der Waals surface area contributed by atoms with E-state index in [4.69, 9.17) is 0 Å². The van der Waals surface area contributed by atoms with Crippen LogP contribution >= 0.6 is 12.4 Å². The average molecular weight is 310 g/mol. The number of likely N-dealkylation sites (tertiary alicyclic amines) is 1. The summed E-state index contributed by atoms with van der Waals surface area (Å²) >= 11 is 0. The first-order valence-corrected chi connectivity index (χ1v) is 7.53. The van der Waals surface area contributed by atoms with Gasteiger partial charge in [-0.2, -0.15) is 0 Å². The number of amides is 1. The summed E-state index contributed by atoms with van der Waals surface area (Å²) in [6, 6.07) is 8.26. The Bertz CT molecular complexity index is 494. The van der Waals surface area contributed by atoms with Gasteiger partial charge < -0.3 is 10.2 Å². The molecule has 116 valence electrons. The Labute approximate surface area is 132 Å². The molecule has 0 saturated carbocycles. The third-order valence-corrected chi connectivity index (χ3v) is 4.41. The van der Waals surface area contributed by atoms with Gasteiger partial charge in [-0.3, -0.25) is 9.69 Å². The summed E-state index contributed by atoms with van der Waals surface area (Å²) < 4.78 is 0. The molecule has 3 rings (SSSR count). The van der Waals surface area contributed by atoms with E-state index in [9.17, 15) is 4.79 Å². The van der Waals surface area contributed by atoms with Crippen LogP contribution in [0.15, 0.2) is 24.3 Å². The van der Waals surface area contributed by atoms with Crippen LogP contribution in [0.5, 0.6) is 0 Å². The lowest BCUT2D eigenvalue weighted by atomic mass is 10.1. The van der Waals surface area contributed by atoms with E-state index in [1.54, 1.807) is 0 Å². The summed E-state index contributed by atoms with van der Waals surface area (Å²) in [5.74, 6) is 0.943. The predicted molar refractivity (Wildman–Crippen MR) is 88.2 cm³/mol. The Balaban J connectivity index is 0.00000161. The molecule has 1 fully saturated rings. The topological polar surface area (TPSA) is 35.6 Å². The molecule has 0 radical (unpaired) electrons. The van der Waals surface area contributed by atoms with Crippen molar-refractivity contribution in [2.24, 2.45) is 5.92 Å². The van der Waals surface area contributed by atoms with Gasteiger partial charge in [0.05, 0.1) is 6.54 Å². The number of halogens is 1. The first kappa shape index (κ1) is 16.3. The third-order valence-electron chi connectivity index (χ3n) is 4.41. The minimum Gasteiger partial charge on any atom is -0.319 e. The van der Waals surface area contributed by atoms with Crippen molar-refractivity contribution in [1.82, 2.24) is 10.2 Å². The van der Waals surface area contributed by atoms with Crippen LogP contribution in [0.25, 0.3) is 0 Å². The first-order chi connectivity index (χ1) is 9.78. The maximum absolute atomic E-state index is 12.5. The maximum atomic E-state index is 12.5. The molecule has 2 aliphatic rings. The molecule has 0 aromatic heterocycles. The van der Waals surface area contributed by atoms with Crippen LogP contribution in [-0.4, -0.2) is 50.6 Å². The van der Waals surface area contributed by atoms with Crippen molar-refractivity contribution in [3.63, 3.8) is 0 Å². The van der Waals surface area contributed by atoms with Crippen molar-refractivity contribution in [3.05, 3.63) is 29.8 Å². The van der Waals surface area contributed by atoms with E-state index in [0.717, 1.165) is 38.3 Å². The van der Waals surface area contributed by atoms with Crippen molar-refractivity contribution in [2.75, 3.05) is 44.7 Å². The highest BCUT2D eigenvalue weighted by Gasteiger charge is 2.28. The second kappa shape index (κ2) is 7.25. The zero-order chi connectivity index (χ0) is 13.9. The van der Waals surface area contributed by atoms with Gasteiger partial charge in [0.1, 0.15) is 0 Å². The number of fused-ring (bicyclic) bond motifs is 1. The number of benzene rings is 1. The third kappa shape index (κ3) is 3.57. The molecular weight excluding hydrogens is 286 g/mol. The predicted octanol–water partition coefficient (Wildman–Crippen LogP) is 1.54. The SMILES string of the molecule is CNCC1CCN(CC(=O)N2CCc3ccccc32)C1.Cl. The van der Waals surface area contributed by atoms with Crippen LogP contribution in [0.1, 0.15) is 12.0 Å². The molecule has 1 aromatic carbocycles. The fraction of sp³-hybridized carbons (Fsp3) is 0.562. The molecular formula is C16H24ClN3O. The normalized spacial score (nSPS) is 21.2. The van der Waals surface area contributed by atoms with Crippen LogP contribution in [-0.2, 0) is 11.2 Å². The van der Waals surface area contributed by atoms with Gasteiger partial charge >= 0.3 is 0 Å². The molecule has 1 atom stereocenters. The number of para-hydroxylation sites is 1. The van der Waals surface area contributed by atoms with E-state index >= 15 is 0 Å². The second-order valence-corrected chi connectivity index (χ2v) is 5.87. The fourth-order valence-electron chi connectivity index (χ4n) is 3.39. The van der Waals surface area contributed by atoms with Crippen molar-refractivity contribution >= 4 is 24.0 Å². The lowest BCUT2D eigenvalue weighted by molar-refractivity contribution is -0.119. The number of hydrogen-bond donors (Lipinski definition) is 1. The van der Waals surface area contributed by atoms with Crippen LogP contribution in [0.3, 0.4) is 0 Å². The van der Waals surface area contributed by atoms with Gasteiger partial charge in [-0.25, -0.2) is 0 Å². The Morgan fingerprint density at radius 3 is 2.95 bits per heavy atom. The molecule has 1 aromatic rings. The molecule has 0 spiro atoms. The highest BCUT2D eigenvalue weighted by atomic mass is 35.5. The van der Waals surface area contributed by atoms with Gasteiger partial charge in [-0.1, -0.05) is 18.2 Å². The number of hydrogen-bond acceptors (Lipinski definition) is 3. The molecule has 2 heterocycles. The van der Waals surface area contributed by atoms with Gasteiger partial charge in [0, 0.05) is 18.8 Å². The number of rotatable bonds is 4. The standard InChI is InChI=1S/C16H23N3O.ClH/c1-17-10-13-6-8-18(11-13)12-16(20)19-9-7-14-4-2-3-5-15(14)19;/h2-5,13,17H,6-12H2,1H3;1H. The number of carbonyl (C=O) groups excluding carboxylic acids is 1. The Hall–Kier alpha value is -1.10. The largest absolute Gasteiger partial charge is 0.319 e. The van der Waals surface area contributed by atoms with Crippen LogP contribution < -0.4 is 10.2 Å². The van der Waals surface area contributed by atoms with Crippen molar-refractivity contribution in [1.29, 1.82) is 0 Å². The summed E-state index contributed by atoms with van der Waals surface area (Å²) in [6.45, 7) is 4.55. The zero-order valence-electron chi connectivity index (χ0n) is 12.5. The van der Waals surface area contributed by atoms with E-state index in [2.05, 4.69) is 28.4 Å². The molecule has 1 unspecified atom stereocenters. The van der Waals surface area contributed by atoms with Gasteiger partial charge in [-0.15, -0.1) is 12.4 Å². The summed E-state index contributed by atoms with van der Waals surface area (Å²) in [5, 5.41) is 3.23. The van der Waals surface area contributed by atoms with E-state index in [-0.39, 0.29) is 18.3 Å². The summed E-state index contributed by atoms with van der Waals surface area (Å²) in [7, 11) is 2.00. The first-order valence-electron chi connectivity index (χ1n) is 7.53. The molecule has 1 saturated heterocycles. The van der Waals surface area contributed by atoms with Crippen LogP contribution in [0.2, 0.25) is 0 Å². The summed E-state index contributed by atoms with van der Waals surface area (Å²) in [4.78, 5) is 16.8. The van der Waals surface area contributed by atoms with E-state index in [0.29, 0.717) is 12.5 Å². The Kier molecular flexibility index (Phi) is 5.62.